The summed E-state index contributed by atoms with van der Waals surface area (Å²) in [5.41, 5.74) is 9.13. The molecule has 1 aliphatic heterocycles. The van der Waals surface area contributed by atoms with Gasteiger partial charge < -0.3 is 16.0 Å². The lowest BCUT2D eigenvalue weighted by molar-refractivity contribution is 0.102. The Hall–Kier alpha value is -2.51. The monoisotopic (exact) mass is 409 g/mol. The third kappa shape index (κ3) is 4.26. The van der Waals surface area contributed by atoms with E-state index in [4.69, 9.17) is 5.73 Å². The molecule has 0 radical (unpaired) electrons. The molecule has 1 aliphatic rings. The van der Waals surface area contributed by atoms with Gasteiger partial charge >= 0.3 is 0 Å². The Labute approximate surface area is 175 Å². The number of carbonyl (C=O) groups is 1. The molecule has 3 N–H and O–H groups in total. The summed E-state index contributed by atoms with van der Waals surface area (Å²) in [6.07, 6.45) is 4.46. The van der Waals surface area contributed by atoms with Crippen molar-refractivity contribution in [3.63, 3.8) is 0 Å². The molecule has 0 spiro atoms. The molecule has 1 amide bonds. The molecule has 4 heterocycles. The van der Waals surface area contributed by atoms with Crippen LogP contribution in [0.1, 0.15) is 48.5 Å². The first-order valence-electron chi connectivity index (χ1n) is 10.1. The van der Waals surface area contributed by atoms with Crippen molar-refractivity contribution in [3.05, 3.63) is 47.2 Å². The minimum absolute atomic E-state index is 0.133. The van der Waals surface area contributed by atoms with Gasteiger partial charge in [-0.05, 0) is 42.5 Å². The molecule has 29 heavy (non-hydrogen) atoms. The number of nitrogens with one attached hydrogen (secondary N) is 1. The summed E-state index contributed by atoms with van der Waals surface area (Å²) >= 11 is 1.73. The van der Waals surface area contributed by atoms with Crippen LogP contribution in [-0.2, 0) is 0 Å². The molecule has 0 aliphatic carbocycles. The number of nitrogens with two attached hydrogens (primary N) is 1. The van der Waals surface area contributed by atoms with Gasteiger partial charge in [0.25, 0.3) is 5.91 Å². The lowest BCUT2D eigenvalue weighted by atomic mass is 9.96. The molecule has 4 rings (SSSR count). The van der Waals surface area contributed by atoms with Crippen molar-refractivity contribution in [1.82, 2.24) is 9.97 Å². The van der Waals surface area contributed by atoms with Crippen LogP contribution in [0.4, 0.5) is 11.4 Å². The van der Waals surface area contributed by atoms with Crippen molar-refractivity contribution in [2.75, 3.05) is 23.3 Å². The van der Waals surface area contributed by atoms with Crippen LogP contribution < -0.4 is 16.0 Å². The Morgan fingerprint density at radius 2 is 2.14 bits per heavy atom. The zero-order valence-corrected chi connectivity index (χ0v) is 17.9. The van der Waals surface area contributed by atoms with Gasteiger partial charge in [0.15, 0.2) is 0 Å². The van der Waals surface area contributed by atoms with Crippen molar-refractivity contribution < 1.29 is 4.79 Å². The van der Waals surface area contributed by atoms with Crippen molar-refractivity contribution in [2.24, 2.45) is 11.7 Å². The summed E-state index contributed by atoms with van der Waals surface area (Å²) in [7, 11) is 0. The van der Waals surface area contributed by atoms with E-state index in [1.807, 2.05) is 12.1 Å². The molecule has 1 saturated heterocycles. The summed E-state index contributed by atoms with van der Waals surface area (Å²) in [5.74, 6) is 0.726. The number of hydrogen-bond acceptors (Lipinski definition) is 6. The zero-order valence-electron chi connectivity index (χ0n) is 17.1. The van der Waals surface area contributed by atoms with Crippen LogP contribution in [-0.4, -0.2) is 35.0 Å². The van der Waals surface area contributed by atoms with Crippen molar-refractivity contribution in [2.45, 2.75) is 39.2 Å². The lowest BCUT2D eigenvalue weighted by Gasteiger charge is -2.37. The standard InChI is InChI=1S/C22H27N5OS/c1-13(2)21-9-17-20(29-21)5-4-16(25-17)22(28)26-18-10-24-7-6-19(18)27-11-14(3)8-15(23)12-27/h4-7,9-10,13-15H,8,11-12,23H2,1-3H3,(H,26,28)/t14-,15+/m1/s1. The van der Waals surface area contributed by atoms with Crippen LogP contribution in [0.5, 0.6) is 0 Å². The Morgan fingerprint density at radius 3 is 2.90 bits per heavy atom. The molecule has 6 nitrogen and oxygen atoms in total. The Morgan fingerprint density at radius 1 is 1.31 bits per heavy atom. The lowest BCUT2D eigenvalue weighted by Crippen LogP contribution is -2.46. The molecule has 7 heteroatoms. The summed E-state index contributed by atoms with van der Waals surface area (Å²) in [6.45, 7) is 8.22. The maximum atomic E-state index is 12.9. The fourth-order valence-electron chi connectivity index (χ4n) is 3.90. The molecule has 3 aromatic heterocycles. The average Bonchev–Trinajstić information content (AvgIpc) is 3.11. The number of rotatable bonds is 4. The maximum absolute atomic E-state index is 12.9. The summed E-state index contributed by atoms with van der Waals surface area (Å²) in [6, 6.07) is 7.91. The minimum atomic E-state index is -0.229. The van der Waals surface area contributed by atoms with E-state index in [-0.39, 0.29) is 11.9 Å². The van der Waals surface area contributed by atoms with Crippen LogP contribution in [0.15, 0.2) is 36.7 Å². The number of carbonyl (C=O) groups excluding carboxylic acids is 1. The van der Waals surface area contributed by atoms with Gasteiger partial charge in [-0.3, -0.25) is 9.78 Å². The number of hydrogen-bond donors (Lipinski definition) is 2. The van der Waals surface area contributed by atoms with Gasteiger partial charge in [0.1, 0.15) is 5.69 Å². The largest absolute Gasteiger partial charge is 0.368 e. The van der Waals surface area contributed by atoms with Crippen LogP contribution in [0.2, 0.25) is 0 Å². The molecule has 0 unspecified atom stereocenters. The van der Waals surface area contributed by atoms with Crippen molar-refractivity contribution >= 4 is 38.8 Å². The quantitative estimate of drug-likeness (QED) is 0.673. The second kappa shape index (κ2) is 8.08. The summed E-state index contributed by atoms with van der Waals surface area (Å²) in [4.78, 5) is 25.2. The molecule has 2 atom stereocenters. The molecule has 0 bridgehead atoms. The summed E-state index contributed by atoms with van der Waals surface area (Å²) < 4.78 is 1.10. The van der Waals surface area contributed by atoms with E-state index in [1.165, 1.54) is 4.88 Å². The molecule has 0 saturated carbocycles. The van der Waals surface area contributed by atoms with E-state index in [2.05, 4.69) is 47.0 Å². The topological polar surface area (TPSA) is 84.1 Å². The van der Waals surface area contributed by atoms with E-state index < -0.39 is 0 Å². The van der Waals surface area contributed by atoms with Crippen LogP contribution in [0, 0.1) is 5.92 Å². The van der Waals surface area contributed by atoms with Crippen LogP contribution in [0.25, 0.3) is 10.2 Å². The van der Waals surface area contributed by atoms with Crippen molar-refractivity contribution in [3.8, 4) is 0 Å². The molecule has 0 aromatic carbocycles. The van der Waals surface area contributed by atoms with Gasteiger partial charge in [-0.15, -0.1) is 11.3 Å². The fraction of sp³-hybridized carbons (Fsp3) is 0.409. The molecule has 1 fully saturated rings. The predicted molar refractivity (Wildman–Crippen MR) is 120 cm³/mol. The highest BCUT2D eigenvalue weighted by Crippen LogP contribution is 2.31. The van der Waals surface area contributed by atoms with Gasteiger partial charge in [0.2, 0.25) is 0 Å². The normalized spacial score (nSPS) is 19.7. The van der Waals surface area contributed by atoms with E-state index >= 15 is 0 Å². The second-order valence-electron chi connectivity index (χ2n) is 8.24. The highest BCUT2D eigenvalue weighted by Gasteiger charge is 2.24. The van der Waals surface area contributed by atoms with Crippen LogP contribution >= 0.6 is 11.3 Å². The molecular weight excluding hydrogens is 382 g/mol. The Bertz CT molecular complexity index is 1020. The Balaban J connectivity index is 1.58. The van der Waals surface area contributed by atoms with E-state index in [1.54, 1.807) is 29.8 Å². The van der Waals surface area contributed by atoms with E-state index in [9.17, 15) is 4.79 Å². The third-order valence-corrected chi connectivity index (χ3v) is 6.66. The Kier molecular flexibility index (Phi) is 5.52. The molecule has 3 aromatic rings. The number of amides is 1. The zero-order chi connectivity index (χ0) is 20.5. The first-order chi connectivity index (χ1) is 13.9. The molecular formula is C22H27N5OS. The van der Waals surface area contributed by atoms with Crippen LogP contribution in [0.3, 0.4) is 0 Å². The minimum Gasteiger partial charge on any atom is -0.368 e. The number of fused-ring (bicyclic) bond motifs is 1. The number of piperidine rings is 1. The third-order valence-electron chi connectivity index (χ3n) is 5.27. The van der Waals surface area contributed by atoms with Crippen molar-refractivity contribution in [1.29, 1.82) is 0 Å². The van der Waals surface area contributed by atoms with Gasteiger partial charge in [-0.25, -0.2) is 4.98 Å². The highest BCUT2D eigenvalue weighted by atomic mass is 32.1. The average molecular weight is 410 g/mol. The van der Waals surface area contributed by atoms with E-state index in [0.29, 0.717) is 23.2 Å². The number of aromatic nitrogens is 2. The maximum Gasteiger partial charge on any atom is 0.274 e. The number of thiophene rings is 1. The molecule has 152 valence electrons. The predicted octanol–water partition coefficient (Wildman–Crippen LogP) is 4.24. The van der Waals surface area contributed by atoms with Gasteiger partial charge in [-0.1, -0.05) is 20.8 Å². The fourth-order valence-corrected chi connectivity index (χ4v) is 4.90. The number of anilines is 2. The van der Waals surface area contributed by atoms with Gasteiger partial charge in [-0.2, -0.15) is 0 Å². The highest BCUT2D eigenvalue weighted by molar-refractivity contribution is 7.19. The number of pyridine rings is 2. The smallest absolute Gasteiger partial charge is 0.274 e. The summed E-state index contributed by atoms with van der Waals surface area (Å²) in [5, 5.41) is 3.01. The van der Waals surface area contributed by atoms with E-state index in [0.717, 1.165) is 35.4 Å². The van der Waals surface area contributed by atoms with Gasteiger partial charge in [0.05, 0.1) is 27.8 Å². The number of nitrogens with zero attached hydrogens (tertiary/aromatic N) is 3. The second-order valence-corrected chi connectivity index (χ2v) is 9.35. The first kappa shape index (κ1) is 19.8. The SMILES string of the molecule is CC(C)c1cc2nc(C(=O)Nc3cnccc3N3C[C@H](C)C[C@H](N)C3)ccc2s1. The first-order valence-corrected chi connectivity index (χ1v) is 10.9. The van der Waals surface area contributed by atoms with Gasteiger partial charge in [0, 0.05) is 30.2 Å².